The first-order chi connectivity index (χ1) is 22.2. The van der Waals surface area contributed by atoms with Gasteiger partial charge < -0.3 is 20.1 Å². The molecule has 9 nitrogen and oxygen atoms in total. The van der Waals surface area contributed by atoms with Crippen LogP contribution >= 0.6 is 22.7 Å². The molecule has 3 heterocycles. The molecular formula is C33H25F2N3O6S2. The molecule has 13 heteroatoms. The van der Waals surface area contributed by atoms with Gasteiger partial charge in [-0.05, 0) is 61.4 Å². The monoisotopic (exact) mass is 661 g/mol. The van der Waals surface area contributed by atoms with Gasteiger partial charge in [-0.25, -0.2) is 18.4 Å². The largest absolute Gasteiger partial charge is 0.462 e. The molecule has 0 unspecified atom stereocenters. The maximum absolute atomic E-state index is 13.5. The highest BCUT2D eigenvalue weighted by Crippen LogP contribution is 2.38. The number of halogens is 2. The zero-order valence-electron chi connectivity index (χ0n) is 24.4. The lowest BCUT2D eigenvalue weighted by atomic mass is 10.0. The van der Waals surface area contributed by atoms with Gasteiger partial charge in [-0.15, -0.1) is 22.7 Å². The van der Waals surface area contributed by atoms with Crippen LogP contribution in [-0.2, 0) is 9.47 Å². The summed E-state index contributed by atoms with van der Waals surface area (Å²) in [6.07, 6.45) is 1.20. The number of hydrogen-bond donors (Lipinski definition) is 2. The topological polar surface area (TPSA) is 124 Å². The number of rotatable bonds is 10. The van der Waals surface area contributed by atoms with Gasteiger partial charge in [0.2, 0.25) is 0 Å². The van der Waals surface area contributed by atoms with Crippen LogP contribution in [0.15, 0.2) is 77.6 Å². The van der Waals surface area contributed by atoms with E-state index in [0.717, 1.165) is 22.7 Å². The summed E-state index contributed by atoms with van der Waals surface area (Å²) in [5.74, 6) is -3.41. The standard InChI is InChI=1S/C33H25F2N3O6S2/c1-3-43-32(41)26-23(18-5-10-21(34)11-6-18)16-45-30(26)37-28(39)20-9-14-25(36-15-20)29(40)38-31-27(33(42)44-4-2)24(17-46-31)19-7-12-22(35)13-8-19/h5-17H,3-4H2,1-2H3,(H,37,39)(H,38,40). The lowest BCUT2D eigenvalue weighted by Crippen LogP contribution is -2.18. The first-order valence-corrected chi connectivity index (χ1v) is 15.6. The van der Waals surface area contributed by atoms with Crippen LogP contribution in [0.5, 0.6) is 0 Å². The Labute approximate surface area is 269 Å². The van der Waals surface area contributed by atoms with E-state index in [4.69, 9.17) is 9.47 Å². The fraction of sp³-hybridized carbons (Fsp3) is 0.121. The normalized spacial score (nSPS) is 10.7. The molecule has 5 aromatic rings. The van der Waals surface area contributed by atoms with Crippen LogP contribution in [0, 0.1) is 11.6 Å². The summed E-state index contributed by atoms with van der Waals surface area (Å²) in [4.78, 5) is 56.0. The van der Waals surface area contributed by atoms with Gasteiger partial charge in [-0.3, -0.25) is 14.6 Å². The summed E-state index contributed by atoms with van der Waals surface area (Å²) in [5, 5.41) is 9.15. The maximum Gasteiger partial charge on any atom is 0.341 e. The van der Waals surface area contributed by atoms with Crippen LogP contribution in [0.4, 0.5) is 18.8 Å². The lowest BCUT2D eigenvalue weighted by Gasteiger charge is -2.10. The van der Waals surface area contributed by atoms with Gasteiger partial charge in [0.25, 0.3) is 11.8 Å². The van der Waals surface area contributed by atoms with E-state index in [1.807, 2.05) is 0 Å². The van der Waals surface area contributed by atoms with E-state index in [9.17, 15) is 28.0 Å². The number of amides is 2. The Balaban J connectivity index is 1.34. The second kappa shape index (κ2) is 14.2. The van der Waals surface area contributed by atoms with Crippen LogP contribution in [0.25, 0.3) is 22.3 Å². The predicted molar refractivity (Wildman–Crippen MR) is 171 cm³/mol. The summed E-state index contributed by atoms with van der Waals surface area (Å²) in [5.41, 5.74) is 2.39. The molecule has 0 fully saturated rings. The lowest BCUT2D eigenvalue weighted by molar-refractivity contribution is 0.0519. The smallest absolute Gasteiger partial charge is 0.341 e. The average molecular weight is 662 g/mol. The van der Waals surface area contributed by atoms with Crippen molar-refractivity contribution >= 4 is 56.4 Å². The minimum Gasteiger partial charge on any atom is -0.462 e. The zero-order chi connectivity index (χ0) is 32.8. The molecule has 3 aromatic heterocycles. The van der Waals surface area contributed by atoms with Crippen molar-refractivity contribution in [3.63, 3.8) is 0 Å². The van der Waals surface area contributed by atoms with Crippen LogP contribution in [0.1, 0.15) is 55.4 Å². The average Bonchev–Trinajstić information content (AvgIpc) is 3.66. The molecule has 2 aromatic carbocycles. The summed E-state index contributed by atoms with van der Waals surface area (Å²) < 4.78 is 37.4. The molecule has 0 atom stereocenters. The number of carbonyl (C=O) groups is 4. The Morgan fingerprint density at radius 2 is 1.13 bits per heavy atom. The van der Waals surface area contributed by atoms with Crippen LogP contribution in [0.3, 0.4) is 0 Å². The number of benzene rings is 2. The number of nitrogens with zero attached hydrogens (tertiary/aromatic N) is 1. The molecule has 0 aliphatic heterocycles. The number of carbonyl (C=O) groups excluding carboxylic acids is 4. The van der Waals surface area contributed by atoms with Crippen molar-refractivity contribution in [2.24, 2.45) is 0 Å². The molecule has 0 saturated carbocycles. The Kier molecular flexibility index (Phi) is 9.94. The predicted octanol–water partition coefficient (Wildman–Crippen LogP) is 7.67. The van der Waals surface area contributed by atoms with Crippen molar-refractivity contribution < 1.29 is 37.4 Å². The fourth-order valence-corrected chi connectivity index (χ4v) is 6.31. The van der Waals surface area contributed by atoms with Crippen molar-refractivity contribution in [2.45, 2.75) is 13.8 Å². The third-order valence-corrected chi connectivity index (χ3v) is 8.35. The highest BCUT2D eigenvalue weighted by atomic mass is 32.1. The minimum atomic E-state index is -0.656. The molecule has 0 aliphatic rings. The molecule has 46 heavy (non-hydrogen) atoms. The molecule has 0 radical (unpaired) electrons. The number of nitrogens with one attached hydrogen (secondary N) is 2. The van der Waals surface area contributed by atoms with Gasteiger partial charge in [0, 0.05) is 28.1 Å². The molecule has 0 bridgehead atoms. The minimum absolute atomic E-state index is 0.0370. The number of aromatic nitrogens is 1. The Hall–Kier alpha value is -5.27. The highest BCUT2D eigenvalue weighted by molar-refractivity contribution is 7.15. The van der Waals surface area contributed by atoms with E-state index in [1.54, 1.807) is 24.6 Å². The van der Waals surface area contributed by atoms with Crippen LogP contribution in [-0.4, -0.2) is 42.0 Å². The summed E-state index contributed by atoms with van der Waals surface area (Å²) in [6.45, 7) is 3.53. The Bertz CT molecular complexity index is 1760. The van der Waals surface area contributed by atoms with Gasteiger partial charge in [0.15, 0.2) is 0 Å². The van der Waals surface area contributed by atoms with Gasteiger partial charge in [-0.2, -0.15) is 0 Å². The number of thiophene rings is 2. The van der Waals surface area contributed by atoms with Crippen LogP contribution < -0.4 is 10.6 Å². The number of hydrogen-bond acceptors (Lipinski definition) is 9. The fourth-order valence-electron chi connectivity index (χ4n) is 4.40. The number of ether oxygens (including phenoxy) is 2. The second-order valence-corrected chi connectivity index (χ2v) is 11.3. The summed E-state index contributed by atoms with van der Waals surface area (Å²) in [6, 6.07) is 13.9. The molecule has 0 spiro atoms. The van der Waals surface area contributed by atoms with Crippen molar-refractivity contribution in [1.82, 2.24) is 4.98 Å². The van der Waals surface area contributed by atoms with Crippen molar-refractivity contribution in [3.8, 4) is 22.3 Å². The van der Waals surface area contributed by atoms with E-state index >= 15 is 0 Å². The quantitative estimate of drug-likeness (QED) is 0.147. The number of anilines is 2. The highest BCUT2D eigenvalue weighted by Gasteiger charge is 2.25. The molecule has 5 rings (SSSR count). The Morgan fingerprint density at radius 1 is 0.674 bits per heavy atom. The third kappa shape index (κ3) is 7.00. The molecule has 0 saturated heterocycles. The molecule has 2 amide bonds. The molecule has 0 aliphatic carbocycles. The van der Waals surface area contributed by atoms with Crippen molar-refractivity contribution in [3.05, 3.63) is 112 Å². The van der Waals surface area contributed by atoms with Gasteiger partial charge in [0.1, 0.15) is 38.5 Å². The first-order valence-electron chi connectivity index (χ1n) is 13.9. The SMILES string of the molecule is CCOC(=O)c1c(-c2ccc(F)cc2)csc1NC(=O)c1ccc(C(=O)Nc2scc(-c3ccc(F)cc3)c2C(=O)OCC)nc1. The van der Waals surface area contributed by atoms with Gasteiger partial charge >= 0.3 is 11.9 Å². The molecular weight excluding hydrogens is 637 g/mol. The maximum atomic E-state index is 13.5. The van der Waals surface area contributed by atoms with E-state index in [1.165, 1.54) is 66.9 Å². The van der Waals surface area contributed by atoms with E-state index < -0.39 is 35.4 Å². The van der Waals surface area contributed by atoms with E-state index in [-0.39, 0.29) is 45.6 Å². The summed E-state index contributed by atoms with van der Waals surface area (Å²) >= 11 is 2.20. The number of pyridine rings is 1. The van der Waals surface area contributed by atoms with Crippen LogP contribution in [0.2, 0.25) is 0 Å². The summed E-state index contributed by atoms with van der Waals surface area (Å²) in [7, 11) is 0. The van der Waals surface area contributed by atoms with E-state index in [0.29, 0.717) is 22.3 Å². The second-order valence-electron chi connectivity index (χ2n) is 9.50. The third-order valence-electron chi connectivity index (χ3n) is 6.56. The Morgan fingerprint density at radius 3 is 1.54 bits per heavy atom. The molecule has 234 valence electrons. The van der Waals surface area contributed by atoms with E-state index in [2.05, 4.69) is 15.6 Å². The van der Waals surface area contributed by atoms with Crippen molar-refractivity contribution in [1.29, 1.82) is 0 Å². The molecule has 2 N–H and O–H groups in total. The first kappa shape index (κ1) is 32.1. The van der Waals surface area contributed by atoms with Crippen molar-refractivity contribution in [2.75, 3.05) is 23.8 Å². The van der Waals surface area contributed by atoms with Gasteiger partial charge in [0.05, 0.1) is 18.8 Å². The zero-order valence-corrected chi connectivity index (χ0v) is 26.0. The van der Waals surface area contributed by atoms with Gasteiger partial charge in [-0.1, -0.05) is 24.3 Å². The number of esters is 2.